The van der Waals surface area contributed by atoms with Crippen LogP contribution in [-0.4, -0.2) is 40.7 Å². The van der Waals surface area contributed by atoms with Crippen LogP contribution in [-0.2, 0) is 0 Å². The lowest BCUT2D eigenvalue weighted by Crippen LogP contribution is -2.56. The van der Waals surface area contributed by atoms with Crippen LogP contribution in [0.3, 0.4) is 0 Å². The quantitative estimate of drug-likeness (QED) is 0.854. The first-order chi connectivity index (χ1) is 12.7. The van der Waals surface area contributed by atoms with Gasteiger partial charge in [-0.2, -0.15) is 23.3 Å². The molecule has 0 spiro atoms. The second-order valence-electron chi connectivity index (χ2n) is 5.89. The van der Waals surface area contributed by atoms with E-state index in [2.05, 4.69) is 5.10 Å². The second-order valence-corrected chi connectivity index (χ2v) is 6.33. The van der Waals surface area contributed by atoms with Gasteiger partial charge in [0.25, 0.3) is 11.6 Å². The Hall–Kier alpha value is -2.58. The lowest BCUT2D eigenvalue weighted by molar-refractivity contribution is -0.297. The van der Waals surface area contributed by atoms with Crippen LogP contribution in [0.4, 0.5) is 13.2 Å². The lowest BCUT2D eigenvalue weighted by atomic mass is 10.0. The van der Waals surface area contributed by atoms with Crippen molar-refractivity contribution in [3.8, 4) is 5.75 Å². The fourth-order valence-corrected chi connectivity index (χ4v) is 2.86. The third kappa shape index (κ3) is 3.50. The van der Waals surface area contributed by atoms with E-state index in [1.807, 2.05) is 0 Å². The molecule has 5 nitrogen and oxygen atoms in total. The van der Waals surface area contributed by atoms with E-state index in [9.17, 15) is 23.1 Å². The Morgan fingerprint density at radius 2 is 1.93 bits per heavy atom. The third-order valence-electron chi connectivity index (χ3n) is 4.13. The van der Waals surface area contributed by atoms with Crippen LogP contribution >= 0.6 is 11.6 Å². The van der Waals surface area contributed by atoms with Gasteiger partial charge in [-0.3, -0.25) is 4.79 Å². The van der Waals surface area contributed by atoms with E-state index in [0.29, 0.717) is 11.3 Å². The van der Waals surface area contributed by atoms with E-state index in [0.717, 1.165) is 0 Å². The number of amides is 1. The Morgan fingerprint density at radius 3 is 2.48 bits per heavy atom. The molecule has 0 saturated heterocycles. The van der Waals surface area contributed by atoms with Crippen LogP contribution in [0.5, 0.6) is 5.75 Å². The maximum absolute atomic E-state index is 13.6. The smallest absolute Gasteiger partial charge is 0.438 e. The maximum atomic E-state index is 13.6. The first-order valence-corrected chi connectivity index (χ1v) is 8.14. The summed E-state index contributed by atoms with van der Waals surface area (Å²) < 4.78 is 45.8. The largest absolute Gasteiger partial charge is 0.497 e. The van der Waals surface area contributed by atoms with Crippen LogP contribution in [0.2, 0.25) is 5.02 Å². The van der Waals surface area contributed by atoms with Crippen LogP contribution in [0.1, 0.15) is 22.3 Å². The number of aliphatic hydroxyl groups is 1. The van der Waals surface area contributed by atoms with Gasteiger partial charge in [0, 0.05) is 10.6 Å². The predicted molar refractivity (Wildman–Crippen MR) is 92.8 cm³/mol. The van der Waals surface area contributed by atoms with E-state index in [1.165, 1.54) is 43.5 Å². The molecule has 142 valence electrons. The Bertz CT molecular complexity index is 899. The van der Waals surface area contributed by atoms with Crippen molar-refractivity contribution in [2.75, 3.05) is 7.11 Å². The zero-order chi connectivity index (χ0) is 19.8. The molecule has 1 heterocycles. The van der Waals surface area contributed by atoms with Gasteiger partial charge >= 0.3 is 6.18 Å². The number of methoxy groups -OCH3 is 1. The number of ether oxygens (including phenoxy) is 1. The van der Waals surface area contributed by atoms with Crippen molar-refractivity contribution in [3.05, 3.63) is 64.7 Å². The van der Waals surface area contributed by atoms with Gasteiger partial charge in [-0.05, 0) is 48.0 Å². The van der Waals surface area contributed by atoms with E-state index >= 15 is 0 Å². The summed E-state index contributed by atoms with van der Waals surface area (Å²) in [6, 6.07) is 11.5. The number of hydrogen-bond acceptors (Lipinski definition) is 4. The van der Waals surface area contributed by atoms with Crippen molar-refractivity contribution in [3.63, 3.8) is 0 Å². The molecule has 1 atom stereocenters. The van der Waals surface area contributed by atoms with Crippen LogP contribution < -0.4 is 4.74 Å². The molecule has 0 fully saturated rings. The highest BCUT2D eigenvalue weighted by Crippen LogP contribution is 2.42. The number of nitrogens with zero attached hydrogens (tertiary/aromatic N) is 2. The molecular formula is C18H14ClF3N2O3. The van der Waals surface area contributed by atoms with Crippen molar-refractivity contribution >= 4 is 23.2 Å². The van der Waals surface area contributed by atoms with E-state index in [-0.39, 0.29) is 21.3 Å². The molecule has 1 unspecified atom stereocenters. The second kappa shape index (κ2) is 6.86. The average Bonchev–Trinajstić information content (AvgIpc) is 3.00. The van der Waals surface area contributed by atoms with Gasteiger partial charge in [-0.15, -0.1) is 0 Å². The van der Waals surface area contributed by atoms with Crippen molar-refractivity contribution in [1.82, 2.24) is 5.01 Å². The van der Waals surface area contributed by atoms with Gasteiger partial charge in [0.2, 0.25) is 0 Å². The number of carbonyl (C=O) groups is 1. The van der Waals surface area contributed by atoms with Crippen LogP contribution in [0.25, 0.3) is 0 Å². The van der Waals surface area contributed by atoms with Crippen LogP contribution in [0.15, 0.2) is 53.6 Å². The Balaban J connectivity index is 2.03. The molecule has 0 saturated carbocycles. The molecule has 9 heteroatoms. The number of carbonyl (C=O) groups excluding carboxylic acids is 1. The van der Waals surface area contributed by atoms with Crippen molar-refractivity contribution in [1.29, 1.82) is 0 Å². The molecule has 0 bridgehead atoms. The summed E-state index contributed by atoms with van der Waals surface area (Å²) in [5, 5.41) is 14.4. The Labute approximate surface area is 157 Å². The summed E-state index contributed by atoms with van der Waals surface area (Å²) in [6.45, 7) is 0. The molecule has 0 radical (unpaired) electrons. The maximum Gasteiger partial charge on any atom is 0.438 e. The number of hydrogen-bond donors (Lipinski definition) is 1. The zero-order valence-corrected chi connectivity index (χ0v) is 14.8. The molecule has 2 aromatic rings. The molecule has 3 rings (SSSR count). The molecule has 0 aromatic heterocycles. The van der Waals surface area contributed by atoms with Gasteiger partial charge in [0.15, 0.2) is 0 Å². The van der Waals surface area contributed by atoms with Gasteiger partial charge in [0.05, 0.1) is 19.2 Å². The normalized spacial score (nSPS) is 19.8. The summed E-state index contributed by atoms with van der Waals surface area (Å²) in [5.41, 5.74) is -3.32. The zero-order valence-electron chi connectivity index (χ0n) is 14.0. The first-order valence-electron chi connectivity index (χ1n) is 7.77. The van der Waals surface area contributed by atoms with E-state index < -0.39 is 24.2 Å². The summed E-state index contributed by atoms with van der Waals surface area (Å²) in [4.78, 5) is 12.6. The van der Waals surface area contributed by atoms with Gasteiger partial charge < -0.3 is 9.84 Å². The fraction of sp³-hybridized carbons (Fsp3) is 0.222. The number of benzene rings is 2. The molecule has 2 aromatic carbocycles. The summed E-state index contributed by atoms with van der Waals surface area (Å²) >= 11 is 5.81. The summed E-state index contributed by atoms with van der Waals surface area (Å²) in [5.74, 6) is -0.601. The SMILES string of the molecule is COc1ccc(C2=NN(C(=O)c3cccc(Cl)c3)C(O)(C(F)(F)F)C2)cc1. The first kappa shape index (κ1) is 19.2. The number of rotatable bonds is 3. The van der Waals surface area contributed by atoms with Crippen molar-refractivity contribution in [2.24, 2.45) is 5.10 Å². The molecule has 0 aliphatic carbocycles. The topological polar surface area (TPSA) is 62.1 Å². The minimum absolute atomic E-state index is 0.0677. The molecule has 1 amide bonds. The minimum atomic E-state index is -5.11. The van der Waals surface area contributed by atoms with Crippen molar-refractivity contribution in [2.45, 2.75) is 18.3 Å². The fourth-order valence-electron chi connectivity index (χ4n) is 2.67. The van der Waals surface area contributed by atoms with Gasteiger partial charge in [-0.25, -0.2) is 0 Å². The highest BCUT2D eigenvalue weighted by Gasteiger charge is 2.63. The molecule has 1 N–H and O–H groups in total. The standard InChI is InChI=1S/C18H14ClF3N2O3/c1-27-14-7-5-11(6-8-14)15-10-17(26,18(20,21)22)24(23-15)16(25)12-3-2-4-13(19)9-12/h2-9,26H,10H2,1H3. The molecule has 1 aliphatic heterocycles. The van der Waals surface area contributed by atoms with E-state index in [4.69, 9.17) is 16.3 Å². The van der Waals surface area contributed by atoms with Crippen molar-refractivity contribution < 1.29 is 27.8 Å². The molecule has 1 aliphatic rings. The van der Waals surface area contributed by atoms with Gasteiger partial charge in [0.1, 0.15) is 5.75 Å². The predicted octanol–water partition coefficient (Wildman–Crippen LogP) is 3.85. The van der Waals surface area contributed by atoms with E-state index in [1.54, 1.807) is 12.1 Å². The van der Waals surface area contributed by atoms with Gasteiger partial charge in [-0.1, -0.05) is 17.7 Å². The number of hydrazone groups is 1. The Kier molecular flexibility index (Phi) is 4.88. The summed E-state index contributed by atoms with van der Waals surface area (Å²) in [6.07, 6.45) is -6.01. The molecular weight excluding hydrogens is 385 g/mol. The summed E-state index contributed by atoms with van der Waals surface area (Å²) in [7, 11) is 1.45. The van der Waals surface area contributed by atoms with Crippen LogP contribution in [0, 0.1) is 0 Å². The highest BCUT2D eigenvalue weighted by molar-refractivity contribution is 6.31. The lowest BCUT2D eigenvalue weighted by Gasteiger charge is -2.32. The Morgan fingerprint density at radius 1 is 1.26 bits per heavy atom. The highest BCUT2D eigenvalue weighted by atomic mass is 35.5. The monoisotopic (exact) mass is 398 g/mol. The number of halogens is 4. The number of alkyl halides is 3. The third-order valence-corrected chi connectivity index (χ3v) is 4.36. The minimum Gasteiger partial charge on any atom is -0.497 e. The average molecular weight is 399 g/mol. The molecule has 27 heavy (non-hydrogen) atoms.